The summed E-state index contributed by atoms with van der Waals surface area (Å²) in [5, 5.41) is 3.41. The summed E-state index contributed by atoms with van der Waals surface area (Å²) < 4.78 is 7.47. The number of methoxy groups -OCH3 is 1. The third-order valence-corrected chi connectivity index (χ3v) is 3.35. The van der Waals surface area contributed by atoms with Gasteiger partial charge in [0.2, 0.25) is 5.95 Å². The van der Waals surface area contributed by atoms with Gasteiger partial charge in [-0.3, -0.25) is 0 Å². The molecule has 4 heteroatoms. The van der Waals surface area contributed by atoms with Crippen molar-refractivity contribution in [2.45, 2.75) is 46.2 Å². The Morgan fingerprint density at radius 3 is 2.33 bits per heavy atom. The molecule has 1 N–H and O–H groups in total. The Morgan fingerprint density at radius 2 is 1.81 bits per heavy atom. The summed E-state index contributed by atoms with van der Waals surface area (Å²) in [7, 11) is 1.69. The molecule has 0 spiro atoms. The maximum Gasteiger partial charge on any atom is 0.203 e. The van der Waals surface area contributed by atoms with Crippen molar-refractivity contribution < 1.29 is 4.74 Å². The Kier molecular flexibility index (Phi) is 4.89. The lowest BCUT2D eigenvalue weighted by molar-refractivity contribution is 0.414. The number of nitrogens with one attached hydrogen (secondary N) is 1. The van der Waals surface area contributed by atoms with Crippen LogP contribution in [0.1, 0.15) is 45.0 Å². The van der Waals surface area contributed by atoms with Crippen molar-refractivity contribution in [3.63, 3.8) is 0 Å². The minimum atomic E-state index is 0.374. The average Bonchev–Trinajstić information content (AvgIpc) is 2.81. The van der Waals surface area contributed by atoms with Crippen molar-refractivity contribution in [1.29, 1.82) is 0 Å². The molecule has 2 aromatic rings. The number of nitrogens with zero attached hydrogens (tertiary/aromatic N) is 2. The fourth-order valence-corrected chi connectivity index (χ4v) is 2.42. The Morgan fingerprint density at radius 1 is 1.14 bits per heavy atom. The van der Waals surface area contributed by atoms with Crippen LogP contribution in [0.2, 0.25) is 0 Å². The highest BCUT2D eigenvalue weighted by molar-refractivity contribution is 5.35. The van der Waals surface area contributed by atoms with Crippen LogP contribution in [-0.4, -0.2) is 22.7 Å². The zero-order chi connectivity index (χ0) is 15.4. The van der Waals surface area contributed by atoms with E-state index in [1.807, 2.05) is 18.3 Å². The summed E-state index contributed by atoms with van der Waals surface area (Å²) in [6, 6.07) is 8.95. The molecule has 21 heavy (non-hydrogen) atoms. The molecule has 0 unspecified atom stereocenters. The van der Waals surface area contributed by atoms with Crippen LogP contribution in [0.25, 0.3) is 0 Å². The van der Waals surface area contributed by atoms with E-state index in [2.05, 4.69) is 54.7 Å². The Labute approximate surface area is 127 Å². The fraction of sp³-hybridized carbons (Fsp3) is 0.471. The van der Waals surface area contributed by atoms with E-state index in [9.17, 15) is 0 Å². The van der Waals surface area contributed by atoms with Gasteiger partial charge in [0, 0.05) is 24.2 Å². The molecule has 1 heterocycles. The maximum atomic E-state index is 5.20. The summed E-state index contributed by atoms with van der Waals surface area (Å²) in [6.07, 6.45) is 2.84. The average molecular weight is 287 g/mol. The van der Waals surface area contributed by atoms with Crippen LogP contribution in [0.5, 0.6) is 5.75 Å². The van der Waals surface area contributed by atoms with Gasteiger partial charge in [0.25, 0.3) is 0 Å². The highest BCUT2D eigenvalue weighted by Gasteiger charge is 2.13. The first kappa shape index (κ1) is 15.4. The second kappa shape index (κ2) is 6.66. The SMILES string of the molecule is COc1ccc(Cc2cnc(NC(C)C)n2C(C)C)cc1. The standard InChI is InChI=1S/C17H25N3O/c1-12(2)19-17-18-11-15(20(17)13(3)4)10-14-6-8-16(21-5)9-7-14/h6-9,11-13H,10H2,1-5H3,(H,18,19). The largest absolute Gasteiger partial charge is 0.497 e. The van der Waals surface area contributed by atoms with Gasteiger partial charge in [-0.25, -0.2) is 4.98 Å². The topological polar surface area (TPSA) is 39.1 Å². The maximum absolute atomic E-state index is 5.20. The van der Waals surface area contributed by atoms with Gasteiger partial charge in [-0.15, -0.1) is 0 Å². The molecule has 0 aliphatic rings. The number of ether oxygens (including phenoxy) is 1. The molecule has 2 rings (SSSR count). The van der Waals surface area contributed by atoms with Gasteiger partial charge in [0.05, 0.1) is 13.3 Å². The van der Waals surface area contributed by atoms with E-state index in [1.54, 1.807) is 7.11 Å². The fourth-order valence-electron chi connectivity index (χ4n) is 2.42. The van der Waals surface area contributed by atoms with Crippen LogP contribution in [0.3, 0.4) is 0 Å². The van der Waals surface area contributed by atoms with E-state index in [0.29, 0.717) is 12.1 Å². The zero-order valence-electron chi connectivity index (χ0n) is 13.6. The molecular weight excluding hydrogens is 262 g/mol. The van der Waals surface area contributed by atoms with Crippen molar-refractivity contribution >= 4 is 5.95 Å². The van der Waals surface area contributed by atoms with Crippen molar-refractivity contribution in [2.24, 2.45) is 0 Å². The van der Waals surface area contributed by atoms with Gasteiger partial charge in [-0.05, 0) is 45.4 Å². The molecule has 0 amide bonds. The Balaban J connectivity index is 2.24. The third kappa shape index (κ3) is 3.78. The zero-order valence-corrected chi connectivity index (χ0v) is 13.6. The quantitative estimate of drug-likeness (QED) is 0.876. The first-order valence-electron chi connectivity index (χ1n) is 7.46. The van der Waals surface area contributed by atoms with Crippen molar-refractivity contribution in [3.05, 3.63) is 41.7 Å². The molecule has 4 nitrogen and oxygen atoms in total. The molecule has 0 aliphatic heterocycles. The number of anilines is 1. The van der Waals surface area contributed by atoms with Gasteiger partial charge < -0.3 is 14.6 Å². The molecule has 0 saturated carbocycles. The predicted octanol–water partition coefficient (Wildman–Crippen LogP) is 3.88. The summed E-state index contributed by atoms with van der Waals surface area (Å²) in [6.45, 7) is 8.63. The summed E-state index contributed by atoms with van der Waals surface area (Å²) >= 11 is 0. The molecular formula is C17H25N3O. The minimum Gasteiger partial charge on any atom is -0.497 e. The number of aromatic nitrogens is 2. The van der Waals surface area contributed by atoms with Crippen LogP contribution >= 0.6 is 0 Å². The normalized spacial score (nSPS) is 11.2. The van der Waals surface area contributed by atoms with Crippen molar-refractivity contribution in [3.8, 4) is 5.75 Å². The van der Waals surface area contributed by atoms with Crippen LogP contribution < -0.4 is 10.1 Å². The van der Waals surface area contributed by atoms with E-state index >= 15 is 0 Å². The van der Waals surface area contributed by atoms with Gasteiger partial charge >= 0.3 is 0 Å². The second-order valence-corrected chi connectivity index (χ2v) is 5.86. The van der Waals surface area contributed by atoms with Crippen molar-refractivity contribution in [1.82, 2.24) is 9.55 Å². The number of rotatable bonds is 6. The molecule has 0 bridgehead atoms. The predicted molar refractivity (Wildman–Crippen MR) is 87.2 cm³/mol. The summed E-state index contributed by atoms with van der Waals surface area (Å²) in [4.78, 5) is 4.53. The van der Waals surface area contributed by atoms with E-state index in [4.69, 9.17) is 4.74 Å². The van der Waals surface area contributed by atoms with Crippen molar-refractivity contribution in [2.75, 3.05) is 12.4 Å². The molecule has 0 fully saturated rings. The monoisotopic (exact) mass is 287 g/mol. The van der Waals surface area contributed by atoms with Gasteiger partial charge in [0.15, 0.2) is 0 Å². The van der Waals surface area contributed by atoms with Crippen LogP contribution in [0.15, 0.2) is 30.5 Å². The first-order chi connectivity index (χ1) is 10.0. The highest BCUT2D eigenvalue weighted by atomic mass is 16.5. The molecule has 1 aromatic carbocycles. The second-order valence-electron chi connectivity index (χ2n) is 5.86. The van der Waals surface area contributed by atoms with Crippen LogP contribution in [0, 0.1) is 0 Å². The molecule has 0 atom stereocenters. The third-order valence-electron chi connectivity index (χ3n) is 3.35. The molecule has 0 aliphatic carbocycles. The Hall–Kier alpha value is -1.97. The molecule has 0 saturated heterocycles. The Bertz CT molecular complexity index is 570. The van der Waals surface area contributed by atoms with Gasteiger partial charge in [-0.2, -0.15) is 0 Å². The van der Waals surface area contributed by atoms with Crippen LogP contribution in [-0.2, 0) is 6.42 Å². The minimum absolute atomic E-state index is 0.374. The van der Waals surface area contributed by atoms with E-state index in [1.165, 1.54) is 11.3 Å². The van der Waals surface area contributed by atoms with E-state index in [-0.39, 0.29) is 0 Å². The van der Waals surface area contributed by atoms with E-state index < -0.39 is 0 Å². The van der Waals surface area contributed by atoms with Gasteiger partial charge in [0.1, 0.15) is 5.75 Å². The van der Waals surface area contributed by atoms with Crippen LogP contribution in [0.4, 0.5) is 5.95 Å². The smallest absolute Gasteiger partial charge is 0.203 e. The lowest BCUT2D eigenvalue weighted by atomic mass is 10.1. The van der Waals surface area contributed by atoms with E-state index in [0.717, 1.165) is 18.1 Å². The molecule has 1 aromatic heterocycles. The summed E-state index contributed by atoms with van der Waals surface area (Å²) in [5.74, 6) is 1.83. The number of benzene rings is 1. The highest BCUT2D eigenvalue weighted by Crippen LogP contribution is 2.22. The molecule has 0 radical (unpaired) electrons. The lowest BCUT2D eigenvalue weighted by Gasteiger charge is -2.18. The number of hydrogen-bond acceptors (Lipinski definition) is 3. The first-order valence-corrected chi connectivity index (χ1v) is 7.46. The number of hydrogen-bond donors (Lipinski definition) is 1. The lowest BCUT2D eigenvalue weighted by Crippen LogP contribution is -2.17. The van der Waals surface area contributed by atoms with Gasteiger partial charge in [-0.1, -0.05) is 12.1 Å². The number of imidazole rings is 1. The molecule has 114 valence electrons. The summed E-state index contributed by atoms with van der Waals surface area (Å²) in [5.41, 5.74) is 2.48.